The van der Waals surface area contributed by atoms with E-state index >= 15 is 0 Å². The molecule has 0 spiro atoms. The number of nitrogens with one attached hydrogen (secondary N) is 1. The number of fused-ring (bicyclic) bond motifs is 1. The van der Waals surface area contributed by atoms with Crippen molar-refractivity contribution in [2.24, 2.45) is 11.3 Å². The largest absolute Gasteiger partial charge is 0.394 e. The molecule has 2 aliphatic rings. The number of halogens is 1. The number of aliphatic hydroxyl groups is 2. The first-order chi connectivity index (χ1) is 9.59. The summed E-state index contributed by atoms with van der Waals surface area (Å²) in [6.45, 7) is 0.414. The van der Waals surface area contributed by atoms with Gasteiger partial charge >= 0.3 is 0 Å². The first kappa shape index (κ1) is 15.6. The lowest BCUT2D eigenvalue weighted by molar-refractivity contribution is -0.129. The van der Waals surface area contributed by atoms with Gasteiger partial charge in [0.2, 0.25) is 5.91 Å². The highest BCUT2D eigenvalue weighted by Gasteiger charge is 2.45. The number of carbonyl (C=O) groups is 1. The van der Waals surface area contributed by atoms with Crippen molar-refractivity contribution in [3.63, 3.8) is 0 Å². The summed E-state index contributed by atoms with van der Waals surface area (Å²) in [5.74, 6) is 5.53. The summed E-state index contributed by atoms with van der Waals surface area (Å²) in [7, 11) is 0. The SMILES string of the molecule is O=C1NCCCCCC#C[C@]2(CO)C=C(Br)[C@@H](O)C[C@H]12. The molecule has 1 amide bonds. The second-order valence-corrected chi connectivity index (χ2v) is 6.35. The summed E-state index contributed by atoms with van der Waals surface area (Å²) < 4.78 is 0.597. The van der Waals surface area contributed by atoms with Gasteiger partial charge in [0.05, 0.1) is 24.0 Å². The van der Waals surface area contributed by atoms with E-state index in [0.717, 1.165) is 25.7 Å². The molecule has 0 aromatic heterocycles. The van der Waals surface area contributed by atoms with Crippen molar-refractivity contribution in [3.05, 3.63) is 10.6 Å². The second-order valence-electron chi connectivity index (χ2n) is 5.44. The molecule has 2 rings (SSSR count). The third-order valence-electron chi connectivity index (χ3n) is 3.97. The number of rotatable bonds is 1. The van der Waals surface area contributed by atoms with Crippen molar-refractivity contribution >= 4 is 21.8 Å². The topological polar surface area (TPSA) is 69.6 Å². The van der Waals surface area contributed by atoms with E-state index in [4.69, 9.17) is 0 Å². The van der Waals surface area contributed by atoms with E-state index in [-0.39, 0.29) is 18.9 Å². The molecule has 0 unspecified atom stereocenters. The van der Waals surface area contributed by atoms with Gasteiger partial charge in [0.1, 0.15) is 0 Å². The van der Waals surface area contributed by atoms with Crippen LogP contribution in [0.4, 0.5) is 0 Å². The maximum Gasteiger partial charge on any atom is 0.225 e. The summed E-state index contributed by atoms with van der Waals surface area (Å²) in [6, 6.07) is 0. The number of hydrogen-bond donors (Lipinski definition) is 3. The van der Waals surface area contributed by atoms with E-state index in [0.29, 0.717) is 11.0 Å². The van der Waals surface area contributed by atoms with Gasteiger partial charge in [-0.05, 0) is 19.3 Å². The van der Waals surface area contributed by atoms with Crippen LogP contribution in [0.3, 0.4) is 0 Å². The highest BCUT2D eigenvalue weighted by atomic mass is 79.9. The molecule has 0 saturated carbocycles. The van der Waals surface area contributed by atoms with E-state index in [1.807, 2.05) is 0 Å². The Bertz CT molecular complexity index is 465. The Kier molecular flexibility index (Phi) is 5.25. The minimum atomic E-state index is -0.896. The van der Waals surface area contributed by atoms with Gasteiger partial charge in [-0.25, -0.2) is 0 Å². The third-order valence-corrected chi connectivity index (χ3v) is 4.73. The van der Waals surface area contributed by atoms with Crippen LogP contribution in [-0.4, -0.2) is 35.4 Å². The molecule has 0 bridgehead atoms. The van der Waals surface area contributed by atoms with Gasteiger partial charge in [-0.2, -0.15) is 0 Å². The molecular formula is C15H20BrNO3. The number of amides is 1. The lowest BCUT2D eigenvalue weighted by atomic mass is 9.69. The summed E-state index contributed by atoms with van der Waals surface area (Å²) in [5.41, 5.74) is -0.896. The van der Waals surface area contributed by atoms with Gasteiger partial charge in [-0.3, -0.25) is 4.79 Å². The van der Waals surface area contributed by atoms with E-state index in [2.05, 4.69) is 33.1 Å². The van der Waals surface area contributed by atoms with Crippen LogP contribution in [0.1, 0.15) is 32.1 Å². The van der Waals surface area contributed by atoms with Crippen LogP contribution in [0.25, 0.3) is 0 Å². The predicted molar refractivity (Wildman–Crippen MR) is 79.9 cm³/mol. The Hall–Kier alpha value is -0.830. The van der Waals surface area contributed by atoms with Crippen molar-refractivity contribution in [2.45, 2.75) is 38.2 Å². The van der Waals surface area contributed by atoms with Crippen LogP contribution >= 0.6 is 15.9 Å². The lowest BCUT2D eigenvalue weighted by Gasteiger charge is -2.37. The maximum atomic E-state index is 12.3. The Morgan fingerprint density at radius 3 is 3.00 bits per heavy atom. The zero-order chi connectivity index (χ0) is 14.6. The van der Waals surface area contributed by atoms with Crippen LogP contribution in [-0.2, 0) is 4.79 Å². The summed E-state index contributed by atoms with van der Waals surface area (Å²) >= 11 is 3.31. The first-order valence-electron chi connectivity index (χ1n) is 7.04. The van der Waals surface area contributed by atoms with E-state index < -0.39 is 17.4 Å². The predicted octanol–water partition coefficient (Wildman–Crippen LogP) is 1.32. The van der Waals surface area contributed by atoms with Crippen LogP contribution in [0, 0.1) is 23.2 Å². The summed E-state index contributed by atoms with van der Waals surface area (Å²) in [4.78, 5) is 12.3. The smallest absolute Gasteiger partial charge is 0.225 e. The minimum absolute atomic E-state index is 0.134. The van der Waals surface area contributed by atoms with Crippen LogP contribution in [0.5, 0.6) is 0 Å². The fourth-order valence-electron chi connectivity index (χ4n) is 2.73. The van der Waals surface area contributed by atoms with Crippen molar-refractivity contribution in [1.29, 1.82) is 0 Å². The highest BCUT2D eigenvalue weighted by Crippen LogP contribution is 2.41. The molecule has 1 heterocycles. The molecule has 0 aromatic rings. The van der Waals surface area contributed by atoms with E-state index in [1.54, 1.807) is 6.08 Å². The van der Waals surface area contributed by atoms with E-state index in [9.17, 15) is 15.0 Å². The normalized spacial score (nSPS) is 34.8. The Morgan fingerprint density at radius 1 is 1.45 bits per heavy atom. The highest BCUT2D eigenvalue weighted by molar-refractivity contribution is 9.11. The summed E-state index contributed by atoms with van der Waals surface area (Å²) in [5, 5.41) is 22.7. The molecule has 1 aliphatic carbocycles. The van der Waals surface area contributed by atoms with Gasteiger partial charge < -0.3 is 15.5 Å². The zero-order valence-corrected chi connectivity index (χ0v) is 12.9. The molecule has 1 aliphatic heterocycles. The summed E-state index contributed by atoms with van der Waals surface area (Å²) in [6.07, 6.45) is 5.02. The average Bonchev–Trinajstić information content (AvgIpc) is 2.47. The number of hydrogen-bond acceptors (Lipinski definition) is 3. The number of carbonyl (C=O) groups excluding carboxylic acids is 1. The zero-order valence-electron chi connectivity index (χ0n) is 11.4. The standard InChI is InChI=1S/C15H20BrNO3/c16-12-9-15(10-18)6-4-2-1-3-5-7-17-14(20)11(15)8-13(12)19/h9,11,13,18-19H,1-3,5,7-8,10H2,(H,17,20)/t11-,13+,15-/m1/s1. The lowest BCUT2D eigenvalue weighted by Crippen LogP contribution is -2.47. The molecule has 0 aromatic carbocycles. The Morgan fingerprint density at radius 2 is 2.25 bits per heavy atom. The monoisotopic (exact) mass is 341 g/mol. The molecule has 5 heteroatoms. The van der Waals surface area contributed by atoms with Crippen molar-refractivity contribution < 1.29 is 15.0 Å². The van der Waals surface area contributed by atoms with Crippen molar-refractivity contribution in [1.82, 2.24) is 5.32 Å². The molecule has 0 saturated heterocycles. The number of aliphatic hydroxyl groups excluding tert-OH is 2. The molecule has 3 N–H and O–H groups in total. The van der Waals surface area contributed by atoms with Gasteiger partial charge in [-0.15, -0.1) is 5.92 Å². The van der Waals surface area contributed by atoms with Crippen LogP contribution in [0.15, 0.2) is 10.6 Å². The maximum absolute atomic E-state index is 12.3. The van der Waals surface area contributed by atoms with Gasteiger partial charge in [0.15, 0.2) is 0 Å². The molecular weight excluding hydrogens is 322 g/mol. The minimum Gasteiger partial charge on any atom is -0.394 e. The molecule has 110 valence electrons. The van der Waals surface area contributed by atoms with E-state index in [1.165, 1.54) is 0 Å². The fraction of sp³-hybridized carbons (Fsp3) is 0.667. The van der Waals surface area contributed by atoms with Gasteiger partial charge in [0, 0.05) is 17.4 Å². The van der Waals surface area contributed by atoms with Crippen molar-refractivity contribution in [3.8, 4) is 11.8 Å². The molecule has 20 heavy (non-hydrogen) atoms. The molecule has 0 radical (unpaired) electrons. The molecule has 4 nitrogen and oxygen atoms in total. The van der Waals surface area contributed by atoms with Crippen LogP contribution in [0.2, 0.25) is 0 Å². The Labute approximate surface area is 127 Å². The van der Waals surface area contributed by atoms with Crippen LogP contribution < -0.4 is 5.32 Å². The fourth-order valence-corrected chi connectivity index (χ4v) is 3.32. The molecule has 3 atom stereocenters. The second kappa shape index (κ2) is 6.75. The van der Waals surface area contributed by atoms with Crippen molar-refractivity contribution in [2.75, 3.05) is 13.2 Å². The quantitative estimate of drug-likeness (QED) is 0.630. The van der Waals surface area contributed by atoms with Gasteiger partial charge in [-0.1, -0.05) is 34.3 Å². The molecule has 0 fully saturated rings. The third kappa shape index (κ3) is 3.25. The van der Waals surface area contributed by atoms with Gasteiger partial charge in [0.25, 0.3) is 0 Å². The average molecular weight is 342 g/mol. The first-order valence-corrected chi connectivity index (χ1v) is 7.83. The Balaban J connectivity index is 2.39.